The number of carbonyl (C=O) groups excluding carboxylic acids is 3. The monoisotopic (exact) mass is 638 g/mol. The normalized spacial score (nSPS) is 12.5. The highest BCUT2D eigenvalue weighted by atomic mass is 16.7. The summed E-state index contributed by atoms with van der Waals surface area (Å²) in [5, 5.41) is 0. The number of rotatable bonds is 14. The number of ether oxygens (including phenoxy) is 5. The molecule has 2 aromatic rings. The van der Waals surface area contributed by atoms with Gasteiger partial charge in [-0.05, 0) is 108 Å². The quantitative estimate of drug-likeness (QED) is 0.0876. The molecule has 0 bridgehead atoms. The number of ketones is 1. The minimum absolute atomic E-state index is 0.199. The van der Waals surface area contributed by atoms with Crippen molar-refractivity contribution in [2.45, 2.75) is 107 Å². The van der Waals surface area contributed by atoms with Gasteiger partial charge in [0.15, 0.2) is 5.78 Å². The van der Waals surface area contributed by atoms with E-state index in [0.717, 1.165) is 29.5 Å². The summed E-state index contributed by atoms with van der Waals surface area (Å²) in [6, 6.07) is 8.65. The van der Waals surface area contributed by atoms with E-state index in [1.54, 1.807) is 79.0 Å². The van der Waals surface area contributed by atoms with E-state index in [2.05, 4.69) is 41.5 Å². The van der Waals surface area contributed by atoms with Crippen LogP contribution in [0.25, 0.3) is 6.08 Å². The summed E-state index contributed by atoms with van der Waals surface area (Å²) < 4.78 is 28.5. The number of allylic oxidation sites excluding steroid dienone is 1. The van der Waals surface area contributed by atoms with Gasteiger partial charge in [0.1, 0.15) is 17.2 Å². The summed E-state index contributed by atoms with van der Waals surface area (Å²) in [6.07, 6.45) is 4.89. The van der Waals surface area contributed by atoms with Gasteiger partial charge < -0.3 is 23.7 Å². The lowest BCUT2D eigenvalue weighted by atomic mass is 9.74. The van der Waals surface area contributed by atoms with Crippen molar-refractivity contribution in [3.63, 3.8) is 0 Å². The highest BCUT2D eigenvalue weighted by molar-refractivity contribution is 6.07. The van der Waals surface area contributed by atoms with Crippen LogP contribution >= 0.6 is 0 Å². The lowest BCUT2D eigenvalue weighted by molar-refractivity contribution is -0.160. The van der Waals surface area contributed by atoms with Gasteiger partial charge in [0.2, 0.25) is 13.6 Å². The van der Waals surface area contributed by atoms with Crippen molar-refractivity contribution in [1.82, 2.24) is 0 Å². The maximum absolute atomic E-state index is 13.3. The molecule has 0 unspecified atom stereocenters. The van der Waals surface area contributed by atoms with Crippen molar-refractivity contribution in [2.24, 2.45) is 10.8 Å². The number of hydrogen-bond donors (Lipinski definition) is 0. The topological polar surface area (TPSA) is 97.4 Å². The molecule has 8 heteroatoms. The van der Waals surface area contributed by atoms with Crippen LogP contribution in [0.1, 0.15) is 123 Å². The molecule has 0 aromatic heterocycles. The van der Waals surface area contributed by atoms with Gasteiger partial charge in [-0.15, -0.1) is 0 Å². The number of hydrogen-bond acceptors (Lipinski definition) is 8. The summed E-state index contributed by atoms with van der Waals surface area (Å²) in [5.74, 6) is 0.787. The van der Waals surface area contributed by atoms with Gasteiger partial charge in [0, 0.05) is 22.3 Å². The molecule has 0 radical (unpaired) electrons. The van der Waals surface area contributed by atoms with E-state index >= 15 is 0 Å². The molecule has 0 amide bonds. The minimum Gasteiger partial charge on any atom is -0.496 e. The average molecular weight is 639 g/mol. The van der Waals surface area contributed by atoms with Gasteiger partial charge in [-0.25, -0.2) is 0 Å². The van der Waals surface area contributed by atoms with Crippen LogP contribution in [0, 0.1) is 10.8 Å². The second-order valence-corrected chi connectivity index (χ2v) is 14.8. The highest BCUT2D eigenvalue weighted by Gasteiger charge is 2.35. The maximum atomic E-state index is 13.3. The van der Waals surface area contributed by atoms with Gasteiger partial charge in [-0.1, -0.05) is 41.5 Å². The molecule has 0 aliphatic heterocycles. The number of carbonyl (C=O) groups is 3. The van der Waals surface area contributed by atoms with Gasteiger partial charge in [-0.3, -0.25) is 14.4 Å². The summed E-state index contributed by atoms with van der Waals surface area (Å²) in [4.78, 5) is 37.7. The predicted molar refractivity (Wildman–Crippen MR) is 182 cm³/mol. The Hall–Kier alpha value is -3.81. The van der Waals surface area contributed by atoms with E-state index in [-0.39, 0.29) is 42.1 Å². The Kier molecular flexibility index (Phi) is 12.7. The fourth-order valence-corrected chi connectivity index (χ4v) is 4.35. The van der Waals surface area contributed by atoms with Crippen molar-refractivity contribution < 1.29 is 38.1 Å². The van der Waals surface area contributed by atoms with Gasteiger partial charge in [-0.2, -0.15) is 0 Å². The molecule has 2 aromatic carbocycles. The third-order valence-electron chi connectivity index (χ3n) is 8.23. The summed E-state index contributed by atoms with van der Waals surface area (Å²) in [5.41, 5.74) is 1.03. The maximum Gasteiger partial charge on any atom is 0.314 e. The largest absolute Gasteiger partial charge is 0.496 e. The second-order valence-electron chi connectivity index (χ2n) is 14.8. The fraction of sp³-hybridized carbons (Fsp3) is 0.553. The molecule has 0 fully saturated rings. The van der Waals surface area contributed by atoms with Crippen LogP contribution in [-0.2, 0) is 29.9 Å². The molecule has 0 saturated carbocycles. The molecular formula is C38H54O8. The van der Waals surface area contributed by atoms with Crippen LogP contribution in [0.3, 0.4) is 0 Å². The average Bonchev–Trinajstić information content (AvgIpc) is 2.98. The van der Waals surface area contributed by atoms with Crippen LogP contribution < -0.4 is 14.2 Å². The van der Waals surface area contributed by atoms with Gasteiger partial charge >= 0.3 is 11.9 Å². The molecule has 0 saturated heterocycles. The Balaban J connectivity index is 2.49. The molecule has 0 spiro atoms. The fourth-order valence-electron chi connectivity index (χ4n) is 4.35. The Bertz CT molecular complexity index is 1400. The van der Waals surface area contributed by atoms with Crippen LogP contribution in [0.4, 0.5) is 0 Å². The third-order valence-corrected chi connectivity index (χ3v) is 8.23. The van der Waals surface area contributed by atoms with Crippen molar-refractivity contribution in [2.75, 3.05) is 20.7 Å². The van der Waals surface area contributed by atoms with Crippen LogP contribution in [0.15, 0.2) is 36.4 Å². The van der Waals surface area contributed by atoms with E-state index in [1.807, 2.05) is 6.07 Å². The molecular weight excluding hydrogens is 584 g/mol. The van der Waals surface area contributed by atoms with Crippen LogP contribution in [0.2, 0.25) is 0 Å². The zero-order valence-corrected chi connectivity index (χ0v) is 30.1. The van der Waals surface area contributed by atoms with E-state index in [1.165, 1.54) is 6.08 Å². The standard InChI is InChI=1S/C38H54O8/c1-14-37(9,10)28-22-26(18-21-29(39)25-16-19-27(20-17-25)43-23-45-33(40)35(3,4)5)31(42-13)30(38(11,12)15-2)32(28)44-24-46-34(41)36(6,7)8/h16-22H,14-15,23-24H2,1-13H3. The summed E-state index contributed by atoms with van der Waals surface area (Å²) >= 11 is 0. The van der Waals surface area contributed by atoms with Crippen molar-refractivity contribution in [3.05, 3.63) is 58.7 Å². The molecule has 8 nitrogen and oxygen atoms in total. The Morgan fingerprint density at radius 3 is 1.65 bits per heavy atom. The van der Waals surface area contributed by atoms with Gasteiger partial charge in [0.25, 0.3) is 0 Å². The minimum atomic E-state index is -0.659. The van der Waals surface area contributed by atoms with Crippen molar-refractivity contribution in [1.29, 1.82) is 0 Å². The molecule has 0 aliphatic carbocycles. The first kappa shape index (κ1) is 38.4. The van der Waals surface area contributed by atoms with Crippen LogP contribution in [0.5, 0.6) is 17.2 Å². The Morgan fingerprint density at radius 2 is 1.20 bits per heavy atom. The molecule has 254 valence electrons. The van der Waals surface area contributed by atoms with Crippen LogP contribution in [-0.4, -0.2) is 38.4 Å². The molecule has 46 heavy (non-hydrogen) atoms. The molecule has 2 rings (SSSR count). The molecule has 0 N–H and O–H groups in total. The Morgan fingerprint density at radius 1 is 0.696 bits per heavy atom. The lowest BCUT2D eigenvalue weighted by Gasteiger charge is -2.34. The summed E-state index contributed by atoms with van der Waals surface area (Å²) in [6.45, 7) is 23.0. The van der Waals surface area contributed by atoms with E-state index in [4.69, 9.17) is 23.7 Å². The summed E-state index contributed by atoms with van der Waals surface area (Å²) in [7, 11) is 1.61. The zero-order valence-electron chi connectivity index (χ0n) is 30.1. The third kappa shape index (κ3) is 9.84. The number of esters is 2. The number of methoxy groups -OCH3 is 1. The lowest BCUT2D eigenvalue weighted by Crippen LogP contribution is -2.27. The second kappa shape index (κ2) is 15.2. The molecule has 0 heterocycles. The SMILES string of the molecule is CCC(C)(C)c1cc(C=CC(=O)c2ccc(OCOC(=O)C(C)(C)C)cc2)c(OC)c(C(C)(C)CC)c1OCOC(=O)C(C)(C)C. The predicted octanol–water partition coefficient (Wildman–Crippen LogP) is 8.82. The highest BCUT2D eigenvalue weighted by Crippen LogP contribution is 2.49. The van der Waals surface area contributed by atoms with Crippen molar-refractivity contribution in [3.8, 4) is 17.2 Å². The molecule has 0 aliphatic rings. The number of benzene rings is 2. The van der Waals surface area contributed by atoms with Crippen molar-refractivity contribution >= 4 is 23.8 Å². The first-order valence-electron chi connectivity index (χ1n) is 15.9. The van der Waals surface area contributed by atoms with Gasteiger partial charge in [0.05, 0.1) is 17.9 Å². The first-order chi connectivity index (χ1) is 21.2. The smallest absolute Gasteiger partial charge is 0.314 e. The van der Waals surface area contributed by atoms with E-state index in [9.17, 15) is 14.4 Å². The first-order valence-corrected chi connectivity index (χ1v) is 15.9. The molecule has 0 atom stereocenters. The van der Waals surface area contributed by atoms with E-state index in [0.29, 0.717) is 22.8 Å². The Labute approximate surface area is 275 Å². The zero-order chi connectivity index (χ0) is 35.1. The van der Waals surface area contributed by atoms with E-state index < -0.39 is 10.8 Å².